The molecule has 29 heavy (non-hydrogen) atoms. The number of halogens is 1. The molecule has 2 heterocycles. The highest BCUT2D eigenvalue weighted by atomic mass is 35.5. The van der Waals surface area contributed by atoms with Crippen LogP contribution in [0.15, 0.2) is 55.0 Å². The van der Waals surface area contributed by atoms with E-state index in [1.807, 2.05) is 6.92 Å². The summed E-state index contributed by atoms with van der Waals surface area (Å²) >= 11 is 6.11. The van der Waals surface area contributed by atoms with E-state index in [2.05, 4.69) is 14.9 Å². The number of hydrogen-bond donors (Lipinski definition) is 1. The van der Waals surface area contributed by atoms with Gasteiger partial charge in [-0.2, -0.15) is 4.98 Å². The van der Waals surface area contributed by atoms with E-state index < -0.39 is 15.8 Å². The number of sulfonamides is 1. The average Bonchev–Trinajstić information content (AvgIpc) is 3.20. The van der Waals surface area contributed by atoms with E-state index in [0.29, 0.717) is 17.2 Å². The predicted molar refractivity (Wildman–Crippen MR) is 106 cm³/mol. The van der Waals surface area contributed by atoms with Gasteiger partial charge < -0.3 is 8.94 Å². The van der Waals surface area contributed by atoms with Gasteiger partial charge in [-0.1, -0.05) is 22.8 Å². The van der Waals surface area contributed by atoms with Crippen LogP contribution >= 0.6 is 11.6 Å². The van der Waals surface area contributed by atoms with Crippen molar-refractivity contribution in [1.29, 1.82) is 0 Å². The number of rotatable bonds is 5. The largest absolute Gasteiger partial charge is 0.420 e. The molecule has 11 heteroatoms. The van der Waals surface area contributed by atoms with Gasteiger partial charge in [0.1, 0.15) is 0 Å². The third kappa shape index (κ3) is 3.76. The fourth-order valence-electron chi connectivity index (χ4n) is 2.82. The van der Waals surface area contributed by atoms with Crippen LogP contribution in [0.4, 0.5) is 5.69 Å². The molecule has 0 fully saturated rings. The van der Waals surface area contributed by atoms with Crippen LogP contribution in [0.25, 0.3) is 11.1 Å². The second-order valence-electron chi connectivity index (χ2n) is 6.40. The molecule has 1 N–H and O–H groups in total. The highest BCUT2D eigenvalue weighted by Gasteiger charge is 2.19. The van der Waals surface area contributed by atoms with Crippen molar-refractivity contribution in [2.24, 2.45) is 0 Å². The van der Waals surface area contributed by atoms with Crippen LogP contribution in [-0.4, -0.2) is 23.1 Å². The summed E-state index contributed by atoms with van der Waals surface area (Å²) < 4.78 is 39.3. The van der Waals surface area contributed by atoms with Gasteiger partial charge in [0.15, 0.2) is 11.4 Å². The topological polar surface area (TPSA) is 120 Å². The van der Waals surface area contributed by atoms with Crippen LogP contribution in [0.5, 0.6) is 0 Å². The van der Waals surface area contributed by atoms with Crippen molar-refractivity contribution in [2.45, 2.75) is 25.3 Å². The molecule has 2 aromatic carbocycles. The summed E-state index contributed by atoms with van der Waals surface area (Å²) in [4.78, 5) is 16.2. The molecule has 0 aliphatic rings. The van der Waals surface area contributed by atoms with E-state index in [-0.39, 0.29) is 27.7 Å². The zero-order valence-electron chi connectivity index (χ0n) is 15.3. The Morgan fingerprint density at radius 1 is 1.17 bits per heavy atom. The number of aryl methyl sites for hydroxylation is 2. The van der Waals surface area contributed by atoms with E-state index in [4.69, 9.17) is 20.5 Å². The maximum absolute atomic E-state index is 12.7. The summed E-state index contributed by atoms with van der Waals surface area (Å²) in [5, 5.41) is 4.03. The van der Waals surface area contributed by atoms with Crippen molar-refractivity contribution in [3.05, 3.63) is 69.3 Å². The Balaban J connectivity index is 1.69. The summed E-state index contributed by atoms with van der Waals surface area (Å²) in [5.74, 6) is 0.0151. The molecule has 0 aliphatic carbocycles. The van der Waals surface area contributed by atoms with Gasteiger partial charge in [-0.3, -0.25) is 9.29 Å². The van der Waals surface area contributed by atoms with E-state index in [9.17, 15) is 13.2 Å². The van der Waals surface area contributed by atoms with E-state index in [1.54, 1.807) is 25.1 Å². The van der Waals surface area contributed by atoms with Crippen molar-refractivity contribution in [1.82, 2.24) is 14.7 Å². The molecule has 150 valence electrons. The highest BCUT2D eigenvalue weighted by Crippen LogP contribution is 2.27. The molecule has 0 atom stereocenters. The monoisotopic (exact) mass is 434 g/mol. The summed E-state index contributed by atoms with van der Waals surface area (Å²) in [7, 11) is -3.94. The Labute approximate surface area is 170 Å². The second-order valence-corrected chi connectivity index (χ2v) is 8.49. The molecule has 4 aromatic rings. The maximum atomic E-state index is 12.7. The molecule has 4 rings (SSSR count). The van der Waals surface area contributed by atoms with Gasteiger partial charge in [-0.15, -0.1) is 0 Å². The molecule has 2 aromatic heterocycles. The molecule has 9 nitrogen and oxygen atoms in total. The van der Waals surface area contributed by atoms with Gasteiger partial charge in [-0.25, -0.2) is 13.2 Å². The minimum absolute atomic E-state index is 0.0342. The molecule has 0 saturated heterocycles. The Morgan fingerprint density at radius 3 is 2.66 bits per heavy atom. The Morgan fingerprint density at radius 2 is 1.97 bits per heavy atom. The van der Waals surface area contributed by atoms with Crippen LogP contribution in [0.3, 0.4) is 0 Å². The molecular formula is C18H15ClN4O5S. The zero-order valence-corrected chi connectivity index (χ0v) is 16.9. The summed E-state index contributed by atoms with van der Waals surface area (Å²) in [6, 6.07) is 9.11. The number of aromatic nitrogens is 3. The number of anilines is 1. The van der Waals surface area contributed by atoms with Crippen LogP contribution in [0.1, 0.15) is 17.3 Å². The lowest BCUT2D eigenvalue weighted by molar-refractivity contribution is 0.385. The van der Waals surface area contributed by atoms with Gasteiger partial charge in [0.25, 0.3) is 10.0 Å². The molecule has 0 amide bonds. The quantitative estimate of drug-likeness (QED) is 0.512. The van der Waals surface area contributed by atoms with Crippen LogP contribution in [0, 0.1) is 13.8 Å². The van der Waals surface area contributed by atoms with Crippen molar-refractivity contribution in [3.63, 3.8) is 0 Å². The Kier molecular flexibility index (Phi) is 4.67. The molecule has 0 saturated carbocycles. The molecule has 0 bridgehead atoms. The van der Waals surface area contributed by atoms with Crippen LogP contribution < -0.4 is 10.5 Å². The van der Waals surface area contributed by atoms with Gasteiger partial charge >= 0.3 is 5.76 Å². The summed E-state index contributed by atoms with van der Waals surface area (Å²) in [6.45, 7) is 3.52. The lowest BCUT2D eigenvalue weighted by atomic mass is 10.2. The molecular weight excluding hydrogens is 420 g/mol. The first-order valence-electron chi connectivity index (χ1n) is 8.44. The summed E-state index contributed by atoms with van der Waals surface area (Å²) in [6.07, 6.45) is 0. The molecule has 0 spiro atoms. The zero-order chi connectivity index (χ0) is 20.8. The smallest absolute Gasteiger partial charge is 0.408 e. The van der Waals surface area contributed by atoms with Gasteiger partial charge in [0.05, 0.1) is 27.7 Å². The highest BCUT2D eigenvalue weighted by molar-refractivity contribution is 7.92. The normalized spacial score (nSPS) is 11.8. The lowest BCUT2D eigenvalue weighted by Gasteiger charge is -2.10. The lowest BCUT2D eigenvalue weighted by Crippen LogP contribution is -2.15. The number of benzene rings is 2. The van der Waals surface area contributed by atoms with Crippen molar-refractivity contribution < 1.29 is 17.4 Å². The standard InChI is InChI=1S/C18H15ClN4O5S/c1-10-3-5-14(13(19)7-10)22-29(25,26)12-4-6-15-16(8-12)27-18(24)23(15)9-17-20-11(2)28-21-17/h3-8,22H,9H2,1-2H3. The summed E-state index contributed by atoms with van der Waals surface area (Å²) in [5.41, 5.74) is 1.68. The molecule has 0 radical (unpaired) electrons. The van der Waals surface area contributed by atoms with E-state index >= 15 is 0 Å². The minimum atomic E-state index is -3.94. The van der Waals surface area contributed by atoms with Gasteiger partial charge in [0.2, 0.25) is 5.89 Å². The van der Waals surface area contributed by atoms with Crippen molar-refractivity contribution in [2.75, 3.05) is 4.72 Å². The first kappa shape index (κ1) is 19.2. The Hall–Kier alpha value is -3.11. The third-order valence-electron chi connectivity index (χ3n) is 4.19. The first-order valence-corrected chi connectivity index (χ1v) is 10.3. The van der Waals surface area contributed by atoms with Gasteiger partial charge in [-0.05, 0) is 36.8 Å². The SMILES string of the molecule is Cc1ccc(NS(=O)(=O)c2ccc3c(c2)oc(=O)n3Cc2noc(C)n2)c(Cl)c1. The fourth-order valence-corrected chi connectivity index (χ4v) is 4.25. The predicted octanol–water partition coefficient (Wildman–Crippen LogP) is 3.10. The van der Waals surface area contributed by atoms with Crippen molar-refractivity contribution >= 4 is 38.4 Å². The van der Waals surface area contributed by atoms with Crippen LogP contribution in [0.2, 0.25) is 5.02 Å². The number of oxazole rings is 1. The Bertz CT molecular complexity index is 1390. The van der Waals surface area contributed by atoms with Crippen LogP contribution in [-0.2, 0) is 16.6 Å². The molecule has 0 unspecified atom stereocenters. The fraction of sp³-hybridized carbons (Fsp3) is 0.167. The molecule has 0 aliphatic heterocycles. The maximum Gasteiger partial charge on any atom is 0.420 e. The van der Waals surface area contributed by atoms with Crippen molar-refractivity contribution in [3.8, 4) is 0 Å². The average molecular weight is 435 g/mol. The first-order chi connectivity index (χ1) is 13.7. The third-order valence-corrected chi connectivity index (χ3v) is 5.86. The number of hydrogen-bond acceptors (Lipinski definition) is 7. The minimum Gasteiger partial charge on any atom is -0.408 e. The van der Waals surface area contributed by atoms with E-state index in [0.717, 1.165) is 5.56 Å². The van der Waals surface area contributed by atoms with E-state index in [1.165, 1.54) is 22.8 Å². The number of fused-ring (bicyclic) bond motifs is 1. The second kappa shape index (κ2) is 7.05. The number of nitrogens with one attached hydrogen (secondary N) is 1. The number of nitrogens with zero attached hydrogens (tertiary/aromatic N) is 3. The van der Waals surface area contributed by atoms with Gasteiger partial charge in [0, 0.05) is 13.0 Å².